The minimum Gasteiger partial charge on any atom is -0.497 e. The first kappa shape index (κ1) is 16.8. The smallest absolute Gasteiger partial charge is 0.122 e. The summed E-state index contributed by atoms with van der Waals surface area (Å²) < 4.78 is 16.6. The van der Waals surface area contributed by atoms with Crippen molar-refractivity contribution in [3.8, 4) is 11.5 Å². The van der Waals surface area contributed by atoms with Crippen LogP contribution in [0.5, 0.6) is 11.5 Å². The number of methoxy groups -OCH3 is 3. The van der Waals surface area contributed by atoms with E-state index in [1.165, 1.54) is 0 Å². The Hall–Kier alpha value is -1.26. The van der Waals surface area contributed by atoms with Gasteiger partial charge in [0.15, 0.2) is 0 Å². The molecule has 0 fully saturated rings. The van der Waals surface area contributed by atoms with E-state index in [0.29, 0.717) is 0 Å². The van der Waals surface area contributed by atoms with Gasteiger partial charge in [-0.05, 0) is 37.6 Å². The Balaban J connectivity index is 3.29. The van der Waals surface area contributed by atoms with Gasteiger partial charge in [0.05, 0.1) is 25.9 Å². The average molecular weight is 281 g/mol. The second kappa shape index (κ2) is 7.50. The van der Waals surface area contributed by atoms with Crippen LogP contribution in [0.4, 0.5) is 0 Å². The highest BCUT2D eigenvalue weighted by Gasteiger charge is 2.36. The maximum Gasteiger partial charge on any atom is 0.122 e. The van der Waals surface area contributed by atoms with Crippen molar-refractivity contribution in [1.29, 1.82) is 0 Å². The first-order valence-corrected chi connectivity index (χ1v) is 7.06. The van der Waals surface area contributed by atoms with Crippen molar-refractivity contribution in [2.75, 3.05) is 28.4 Å². The molecule has 0 heterocycles. The summed E-state index contributed by atoms with van der Waals surface area (Å²) in [5.41, 5.74) is 0.862. The quantitative estimate of drug-likeness (QED) is 0.794. The summed E-state index contributed by atoms with van der Waals surface area (Å²) in [6.07, 6.45) is 1.84. The molecule has 0 aliphatic carbocycles. The van der Waals surface area contributed by atoms with Crippen molar-refractivity contribution in [1.82, 2.24) is 5.32 Å². The zero-order valence-electron chi connectivity index (χ0n) is 13.4. The SMILES string of the molecule is CCC(CC)(OC)C(NC)c1cc(OC)cc(OC)c1. The fourth-order valence-corrected chi connectivity index (χ4v) is 2.79. The van der Waals surface area contributed by atoms with Gasteiger partial charge >= 0.3 is 0 Å². The molecule has 1 atom stereocenters. The molecule has 0 spiro atoms. The third-order valence-corrected chi connectivity index (χ3v) is 4.13. The molecule has 0 aliphatic rings. The number of nitrogens with one attached hydrogen (secondary N) is 1. The molecule has 1 aromatic rings. The molecule has 0 aliphatic heterocycles. The molecule has 1 rings (SSSR count). The van der Waals surface area contributed by atoms with Crippen LogP contribution in [0.2, 0.25) is 0 Å². The molecule has 4 nitrogen and oxygen atoms in total. The zero-order valence-corrected chi connectivity index (χ0v) is 13.4. The van der Waals surface area contributed by atoms with E-state index in [4.69, 9.17) is 14.2 Å². The number of hydrogen-bond acceptors (Lipinski definition) is 4. The minimum atomic E-state index is -0.244. The fourth-order valence-electron chi connectivity index (χ4n) is 2.79. The summed E-state index contributed by atoms with van der Waals surface area (Å²) in [6.45, 7) is 4.30. The highest BCUT2D eigenvalue weighted by molar-refractivity contribution is 5.40. The van der Waals surface area contributed by atoms with Crippen molar-refractivity contribution in [3.05, 3.63) is 23.8 Å². The van der Waals surface area contributed by atoms with Gasteiger partial charge in [0.2, 0.25) is 0 Å². The lowest BCUT2D eigenvalue weighted by molar-refractivity contribution is -0.0468. The molecule has 1 unspecified atom stereocenters. The zero-order chi connectivity index (χ0) is 15.2. The standard InChI is InChI=1S/C16H27NO3/c1-7-16(8-2,20-6)15(17-3)12-9-13(18-4)11-14(10-12)19-5/h9-11,15,17H,7-8H2,1-6H3. The van der Waals surface area contributed by atoms with Crippen LogP contribution in [-0.4, -0.2) is 34.0 Å². The summed E-state index contributed by atoms with van der Waals surface area (Å²) in [5, 5.41) is 3.38. The predicted octanol–water partition coefficient (Wildman–Crippen LogP) is 3.17. The first-order chi connectivity index (χ1) is 9.60. The number of hydrogen-bond donors (Lipinski definition) is 1. The fraction of sp³-hybridized carbons (Fsp3) is 0.625. The lowest BCUT2D eigenvalue weighted by atomic mass is 9.83. The van der Waals surface area contributed by atoms with Crippen LogP contribution >= 0.6 is 0 Å². The maximum absolute atomic E-state index is 5.85. The van der Waals surface area contributed by atoms with Crippen molar-refractivity contribution in [2.45, 2.75) is 38.3 Å². The van der Waals surface area contributed by atoms with Crippen LogP contribution in [0.15, 0.2) is 18.2 Å². The third-order valence-electron chi connectivity index (χ3n) is 4.13. The van der Waals surface area contributed by atoms with Crippen LogP contribution in [0.3, 0.4) is 0 Å². The maximum atomic E-state index is 5.85. The molecule has 0 aromatic heterocycles. The Morgan fingerprint density at radius 3 is 1.80 bits per heavy atom. The van der Waals surface area contributed by atoms with Crippen LogP contribution < -0.4 is 14.8 Å². The normalized spacial score (nSPS) is 13.1. The van der Waals surface area contributed by atoms with E-state index >= 15 is 0 Å². The molecule has 0 bridgehead atoms. The van der Waals surface area contributed by atoms with E-state index in [0.717, 1.165) is 29.9 Å². The summed E-state index contributed by atoms with van der Waals surface area (Å²) >= 11 is 0. The first-order valence-electron chi connectivity index (χ1n) is 7.06. The second-order valence-corrected chi connectivity index (χ2v) is 4.84. The van der Waals surface area contributed by atoms with Crippen LogP contribution in [0.25, 0.3) is 0 Å². The third kappa shape index (κ3) is 3.25. The molecule has 0 amide bonds. The molecule has 1 aromatic carbocycles. The summed E-state index contributed by atoms with van der Waals surface area (Å²) in [7, 11) is 7.05. The largest absolute Gasteiger partial charge is 0.497 e. The Morgan fingerprint density at radius 2 is 1.50 bits per heavy atom. The number of benzene rings is 1. The number of rotatable bonds is 8. The monoisotopic (exact) mass is 281 g/mol. The molecule has 4 heteroatoms. The van der Waals surface area contributed by atoms with E-state index in [1.54, 1.807) is 21.3 Å². The van der Waals surface area contributed by atoms with E-state index in [9.17, 15) is 0 Å². The van der Waals surface area contributed by atoms with Gasteiger partial charge in [-0.2, -0.15) is 0 Å². The van der Waals surface area contributed by atoms with Gasteiger partial charge in [-0.25, -0.2) is 0 Å². The second-order valence-electron chi connectivity index (χ2n) is 4.84. The Morgan fingerprint density at radius 1 is 1.00 bits per heavy atom. The van der Waals surface area contributed by atoms with E-state index in [2.05, 4.69) is 19.2 Å². The molecular weight excluding hydrogens is 254 g/mol. The van der Waals surface area contributed by atoms with Crippen molar-refractivity contribution < 1.29 is 14.2 Å². The minimum absolute atomic E-state index is 0.0755. The van der Waals surface area contributed by atoms with E-state index in [1.807, 2.05) is 25.2 Å². The van der Waals surface area contributed by atoms with Crippen molar-refractivity contribution in [2.24, 2.45) is 0 Å². The van der Waals surface area contributed by atoms with Gasteiger partial charge < -0.3 is 19.5 Å². The van der Waals surface area contributed by atoms with Gasteiger partial charge in [0, 0.05) is 13.2 Å². The molecule has 114 valence electrons. The lowest BCUT2D eigenvalue weighted by Crippen LogP contribution is -2.43. The Kier molecular flexibility index (Phi) is 6.30. The predicted molar refractivity (Wildman–Crippen MR) is 81.7 cm³/mol. The lowest BCUT2D eigenvalue weighted by Gasteiger charge is -2.38. The van der Waals surface area contributed by atoms with Crippen LogP contribution in [-0.2, 0) is 4.74 Å². The van der Waals surface area contributed by atoms with E-state index in [-0.39, 0.29) is 11.6 Å². The molecule has 0 radical (unpaired) electrons. The molecule has 0 saturated heterocycles. The molecule has 20 heavy (non-hydrogen) atoms. The number of ether oxygens (including phenoxy) is 3. The van der Waals surface area contributed by atoms with Crippen molar-refractivity contribution in [3.63, 3.8) is 0 Å². The molecule has 0 saturated carbocycles. The van der Waals surface area contributed by atoms with Gasteiger partial charge in [-0.3, -0.25) is 0 Å². The van der Waals surface area contributed by atoms with Gasteiger partial charge in [-0.1, -0.05) is 13.8 Å². The van der Waals surface area contributed by atoms with Gasteiger partial charge in [-0.15, -0.1) is 0 Å². The average Bonchev–Trinajstić information content (AvgIpc) is 2.52. The summed E-state index contributed by atoms with van der Waals surface area (Å²) in [4.78, 5) is 0. The summed E-state index contributed by atoms with van der Waals surface area (Å²) in [5.74, 6) is 1.58. The van der Waals surface area contributed by atoms with Gasteiger partial charge in [0.1, 0.15) is 11.5 Å². The van der Waals surface area contributed by atoms with Crippen LogP contribution in [0, 0.1) is 0 Å². The Bertz CT molecular complexity index is 386. The number of likely N-dealkylation sites (N-methyl/N-ethyl adjacent to an activating group) is 1. The highest BCUT2D eigenvalue weighted by Crippen LogP contribution is 2.37. The van der Waals surface area contributed by atoms with Crippen molar-refractivity contribution >= 4 is 0 Å². The topological polar surface area (TPSA) is 39.7 Å². The Labute approximate surface area is 122 Å². The highest BCUT2D eigenvalue weighted by atomic mass is 16.5. The molecule has 1 N–H and O–H groups in total. The van der Waals surface area contributed by atoms with Gasteiger partial charge in [0.25, 0.3) is 0 Å². The van der Waals surface area contributed by atoms with E-state index < -0.39 is 0 Å². The van der Waals surface area contributed by atoms with Crippen LogP contribution in [0.1, 0.15) is 38.3 Å². The summed E-state index contributed by atoms with van der Waals surface area (Å²) in [6, 6.07) is 6.01. The molecular formula is C16H27NO3.